The Kier molecular flexibility index (Phi) is 8.56. The largest absolute Gasteiger partial charge is 0.446 e. The number of amides is 2. The molecule has 1 saturated heterocycles. The summed E-state index contributed by atoms with van der Waals surface area (Å²) < 4.78 is 6.80. The molecule has 8 heteroatoms. The number of nitrogens with one attached hydrogen (secondary N) is 2. The number of nitrogens with zero attached hydrogens (tertiary/aromatic N) is 1. The highest BCUT2D eigenvalue weighted by Crippen LogP contribution is 2.31. The van der Waals surface area contributed by atoms with Gasteiger partial charge in [0.15, 0.2) is 0 Å². The molecule has 202 valence electrons. The summed E-state index contributed by atoms with van der Waals surface area (Å²) in [5.41, 5.74) is 4.23. The van der Waals surface area contributed by atoms with Gasteiger partial charge < -0.3 is 20.1 Å². The van der Waals surface area contributed by atoms with Crippen LogP contribution in [0, 0.1) is 0 Å². The molecule has 0 saturated carbocycles. The minimum absolute atomic E-state index is 0.0108. The first-order valence-electron chi connectivity index (χ1n) is 13.2. The number of benzene rings is 3. The minimum Gasteiger partial charge on any atom is -0.446 e. The highest BCUT2D eigenvalue weighted by molar-refractivity contribution is 7.19. The molecule has 7 nitrogen and oxygen atoms in total. The van der Waals surface area contributed by atoms with E-state index in [-0.39, 0.29) is 18.6 Å². The van der Waals surface area contributed by atoms with E-state index in [9.17, 15) is 14.7 Å². The second-order valence-electron chi connectivity index (χ2n) is 9.95. The van der Waals surface area contributed by atoms with Crippen LogP contribution in [0.1, 0.15) is 29.7 Å². The van der Waals surface area contributed by atoms with Crippen molar-refractivity contribution in [3.63, 3.8) is 0 Å². The van der Waals surface area contributed by atoms with Gasteiger partial charge >= 0.3 is 6.09 Å². The molecular formula is C31H33N3O4S. The van der Waals surface area contributed by atoms with Gasteiger partial charge in [-0.3, -0.25) is 10.1 Å². The smallest absolute Gasteiger partial charge is 0.411 e. The lowest BCUT2D eigenvalue weighted by Gasteiger charge is -2.28. The molecule has 3 N–H and O–H groups in total. The van der Waals surface area contributed by atoms with Crippen molar-refractivity contribution in [1.29, 1.82) is 0 Å². The van der Waals surface area contributed by atoms with Crippen molar-refractivity contribution in [2.24, 2.45) is 0 Å². The van der Waals surface area contributed by atoms with Crippen molar-refractivity contribution < 1.29 is 19.4 Å². The van der Waals surface area contributed by atoms with E-state index in [2.05, 4.69) is 22.6 Å². The molecule has 0 spiro atoms. The lowest BCUT2D eigenvalue weighted by Crippen LogP contribution is -2.36. The lowest BCUT2D eigenvalue weighted by atomic mass is 9.99. The van der Waals surface area contributed by atoms with E-state index in [1.807, 2.05) is 72.8 Å². The molecule has 5 rings (SSSR count). The zero-order valence-corrected chi connectivity index (χ0v) is 22.8. The SMILES string of the molecule is CN1CCC(OC(=O)Nc2cc(CCC(=O)Nc3ccc4sc(CO)cc4c3)ccc2-c2ccccc2)CC1. The molecule has 1 aromatic heterocycles. The number of ether oxygens (including phenoxy) is 1. The van der Waals surface area contributed by atoms with Gasteiger partial charge in [-0.05, 0) is 73.2 Å². The first-order valence-corrected chi connectivity index (χ1v) is 14.1. The van der Waals surface area contributed by atoms with E-state index in [0.29, 0.717) is 18.5 Å². The van der Waals surface area contributed by atoms with Gasteiger partial charge in [-0.25, -0.2) is 4.79 Å². The van der Waals surface area contributed by atoms with Crippen LogP contribution in [0.4, 0.5) is 16.2 Å². The predicted molar refractivity (Wildman–Crippen MR) is 157 cm³/mol. The van der Waals surface area contributed by atoms with Gasteiger partial charge in [0.25, 0.3) is 0 Å². The van der Waals surface area contributed by atoms with Crippen molar-refractivity contribution in [1.82, 2.24) is 4.90 Å². The number of likely N-dealkylation sites (tertiary alicyclic amines) is 1. The molecule has 1 fully saturated rings. The zero-order chi connectivity index (χ0) is 27.2. The molecule has 4 aromatic rings. The Hall–Kier alpha value is -3.72. The van der Waals surface area contributed by atoms with Crippen LogP contribution in [0.2, 0.25) is 0 Å². The lowest BCUT2D eigenvalue weighted by molar-refractivity contribution is -0.116. The Morgan fingerprint density at radius 3 is 2.56 bits per heavy atom. The summed E-state index contributed by atoms with van der Waals surface area (Å²) in [5.74, 6) is -0.0877. The number of aryl methyl sites for hydroxylation is 1. The van der Waals surface area contributed by atoms with Crippen molar-refractivity contribution in [2.45, 2.75) is 38.4 Å². The van der Waals surface area contributed by atoms with Crippen LogP contribution in [-0.2, 0) is 22.6 Å². The van der Waals surface area contributed by atoms with Crippen molar-refractivity contribution in [3.8, 4) is 11.1 Å². The molecule has 0 aliphatic carbocycles. The first kappa shape index (κ1) is 26.9. The van der Waals surface area contributed by atoms with Gasteiger partial charge in [-0.15, -0.1) is 11.3 Å². The molecule has 2 amide bonds. The topological polar surface area (TPSA) is 90.9 Å². The van der Waals surface area contributed by atoms with Crippen LogP contribution < -0.4 is 10.6 Å². The average Bonchev–Trinajstić information content (AvgIpc) is 3.36. The fourth-order valence-corrected chi connectivity index (χ4v) is 5.75. The molecule has 1 aliphatic heterocycles. The molecule has 0 bridgehead atoms. The maximum absolute atomic E-state index is 12.8. The molecule has 3 aromatic carbocycles. The molecule has 0 atom stereocenters. The van der Waals surface area contributed by atoms with Gasteiger partial charge in [-0.1, -0.05) is 42.5 Å². The Morgan fingerprint density at radius 2 is 1.79 bits per heavy atom. The number of fused-ring (bicyclic) bond motifs is 1. The quantitative estimate of drug-likeness (QED) is 0.244. The number of piperidine rings is 1. The molecule has 2 heterocycles. The van der Waals surface area contributed by atoms with Gasteiger partial charge in [-0.2, -0.15) is 0 Å². The van der Waals surface area contributed by atoms with Crippen molar-refractivity contribution in [3.05, 3.63) is 83.2 Å². The van der Waals surface area contributed by atoms with Crippen LogP contribution in [-0.4, -0.2) is 48.2 Å². The zero-order valence-electron chi connectivity index (χ0n) is 22.0. The predicted octanol–water partition coefficient (Wildman–Crippen LogP) is 6.27. The molecule has 0 radical (unpaired) electrons. The third-order valence-electron chi connectivity index (χ3n) is 6.99. The number of aliphatic hydroxyl groups excluding tert-OH is 1. The second-order valence-corrected chi connectivity index (χ2v) is 11.1. The average molecular weight is 544 g/mol. The van der Waals surface area contributed by atoms with Crippen LogP contribution in [0.3, 0.4) is 0 Å². The van der Waals surface area contributed by atoms with Crippen molar-refractivity contribution >= 4 is 44.8 Å². The number of carbonyl (C=O) groups excluding carboxylic acids is 2. The van der Waals surface area contributed by atoms with Gasteiger partial charge in [0.05, 0.1) is 12.3 Å². The van der Waals surface area contributed by atoms with E-state index in [1.54, 1.807) is 11.3 Å². The molecule has 39 heavy (non-hydrogen) atoms. The molecular weight excluding hydrogens is 510 g/mol. The molecule has 1 aliphatic rings. The van der Waals surface area contributed by atoms with Gasteiger partial charge in [0.2, 0.25) is 5.91 Å². The monoisotopic (exact) mass is 543 g/mol. The van der Waals surface area contributed by atoms with E-state index in [4.69, 9.17) is 4.74 Å². The summed E-state index contributed by atoms with van der Waals surface area (Å²) in [7, 11) is 2.07. The highest BCUT2D eigenvalue weighted by atomic mass is 32.1. The Morgan fingerprint density at radius 1 is 1.00 bits per heavy atom. The van der Waals surface area contributed by atoms with E-state index < -0.39 is 6.09 Å². The Balaban J connectivity index is 1.25. The fraction of sp³-hybridized carbons (Fsp3) is 0.290. The number of anilines is 2. The Bertz CT molecular complexity index is 1450. The second kappa shape index (κ2) is 12.4. The third-order valence-corrected chi connectivity index (χ3v) is 8.09. The number of hydrogen-bond acceptors (Lipinski definition) is 6. The number of carbonyl (C=O) groups is 2. The van der Waals surface area contributed by atoms with Crippen LogP contribution >= 0.6 is 11.3 Å². The summed E-state index contributed by atoms with van der Waals surface area (Å²) in [4.78, 5) is 28.7. The van der Waals surface area contributed by atoms with E-state index in [0.717, 1.165) is 63.3 Å². The maximum atomic E-state index is 12.8. The standard InChI is InChI=1S/C31H33N3O4S/c1-34-15-13-25(14-16-34)38-31(37)33-28-17-21(7-10-27(28)22-5-3-2-4-6-22)8-12-30(36)32-24-9-11-29-23(18-24)19-26(20-35)39-29/h2-7,9-11,17-19,25,35H,8,12-16,20H2,1H3,(H,32,36)(H,33,37). The fourth-order valence-electron chi connectivity index (χ4n) is 4.85. The third kappa shape index (κ3) is 7.03. The summed E-state index contributed by atoms with van der Waals surface area (Å²) in [6.45, 7) is 1.84. The van der Waals surface area contributed by atoms with E-state index >= 15 is 0 Å². The number of hydrogen-bond donors (Lipinski definition) is 3. The number of rotatable bonds is 8. The maximum Gasteiger partial charge on any atom is 0.411 e. The normalized spacial score (nSPS) is 14.3. The number of aliphatic hydroxyl groups is 1. The van der Waals surface area contributed by atoms with Gasteiger partial charge in [0, 0.05) is 40.3 Å². The van der Waals surface area contributed by atoms with Crippen LogP contribution in [0.25, 0.3) is 21.2 Å². The summed E-state index contributed by atoms with van der Waals surface area (Å²) in [6, 6.07) is 23.5. The van der Waals surface area contributed by atoms with Gasteiger partial charge in [0.1, 0.15) is 6.10 Å². The highest BCUT2D eigenvalue weighted by Gasteiger charge is 2.21. The Labute approximate surface area is 232 Å². The summed E-state index contributed by atoms with van der Waals surface area (Å²) in [6.07, 6.45) is 1.93. The van der Waals surface area contributed by atoms with Crippen LogP contribution in [0.5, 0.6) is 0 Å². The molecule has 0 unspecified atom stereocenters. The summed E-state index contributed by atoms with van der Waals surface area (Å²) >= 11 is 1.54. The van der Waals surface area contributed by atoms with Crippen LogP contribution in [0.15, 0.2) is 72.8 Å². The van der Waals surface area contributed by atoms with Crippen molar-refractivity contribution in [2.75, 3.05) is 30.8 Å². The van der Waals surface area contributed by atoms with E-state index in [1.165, 1.54) is 0 Å². The number of thiophene rings is 1. The first-order chi connectivity index (χ1) is 19.0. The summed E-state index contributed by atoms with van der Waals surface area (Å²) in [5, 5.41) is 16.3. The minimum atomic E-state index is -0.454.